The smallest absolute Gasteiger partial charge is 0.416 e. The third-order valence-corrected chi connectivity index (χ3v) is 6.57. The van der Waals surface area contributed by atoms with Gasteiger partial charge in [0.2, 0.25) is 5.91 Å². The second-order valence-corrected chi connectivity index (χ2v) is 9.48. The summed E-state index contributed by atoms with van der Waals surface area (Å²) in [7, 11) is 0. The van der Waals surface area contributed by atoms with E-state index in [2.05, 4.69) is 15.0 Å². The van der Waals surface area contributed by atoms with E-state index >= 15 is 0 Å². The minimum absolute atomic E-state index is 0.0561. The van der Waals surface area contributed by atoms with Crippen LogP contribution in [0.4, 0.5) is 13.2 Å². The van der Waals surface area contributed by atoms with Gasteiger partial charge in [0.05, 0.1) is 28.9 Å². The van der Waals surface area contributed by atoms with Gasteiger partial charge < -0.3 is 4.74 Å². The Morgan fingerprint density at radius 1 is 0.952 bits per heavy atom. The van der Waals surface area contributed by atoms with Crippen LogP contribution in [0.25, 0.3) is 38.9 Å². The predicted octanol–water partition coefficient (Wildman–Crippen LogP) is 5.24. The summed E-state index contributed by atoms with van der Waals surface area (Å²) in [5.74, 6) is -0.407. The highest BCUT2D eigenvalue weighted by molar-refractivity contribution is 6.02. The quantitative estimate of drug-likeness (QED) is 0.0995. The van der Waals surface area contributed by atoms with Crippen LogP contribution in [0.15, 0.2) is 71.9 Å². The lowest BCUT2D eigenvalue weighted by molar-refractivity contribution is -0.137. The number of nitrogens with zero attached hydrogens (tertiary/aromatic N) is 5. The highest BCUT2D eigenvalue weighted by atomic mass is 19.4. The number of carbonyl (C=O) groups is 1. The fourth-order valence-electron chi connectivity index (χ4n) is 4.49. The molecule has 0 aliphatic heterocycles. The molecule has 5 rings (SSSR count). The van der Waals surface area contributed by atoms with E-state index < -0.39 is 23.2 Å². The summed E-state index contributed by atoms with van der Waals surface area (Å²) in [6.07, 6.45) is 3.38. The first kappa shape index (κ1) is 28.6. The van der Waals surface area contributed by atoms with Gasteiger partial charge in [-0.25, -0.2) is 20.4 Å². The first-order valence-corrected chi connectivity index (χ1v) is 13.1. The number of fused-ring (bicyclic) bond motifs is 3. The van der Waals surface area contributed by atoms with Gasteiger partial charge in [0.25, 0.3) is 5.56 Å². The lowest BCUT2D eigenvalue weighted by Crippen LogP contribution is -2.18. The van der Waals surface area contributed by atoms with E-state index in [-0.39, 0.29) is 18.1 Å². The number of halogens is 3. The molecule has 0 aliphatic carbocycles. The van der Waals surface area contributed by atoms with Crippen LogP contribution in [0.5, 0.6) is 6.01 Å². The summed E-state index contributed by atoms with van der Waals surface area (Å²) >= 11 is 0. The second kappa shape index (κ2) is 12.3. The van der Waals surface area contributed by atoms with Crippen molar-refractivity contribution < 1.29 is 27.9 Å². The zero-order chi connectivity index (χ0) is 29.7. The molecule has 0 saturated carbocycles. The number of rotatable bonds is 10. The Bertz CT molecular complexity index is 1790. The molecule has 1 aromatic carbocycles. The number of amides is 1. The SMILES string of the molecule is O=C(CCCCCCOc1ncc(-c2ccc3ncc4ccc(=O)n(-c5cccc(C(F)(F)F)c5)c4c3n2)cn1)NO. The summed E-state index contributed by atoms with van der Waals surface area (Å²) in [6, 6.07) is 11.0. The third-order valence-electron chi connectivity index (χ3n) is 6.57. The number of aromatic nitrogens is 5. The van der Waals surface area contributed by atoms with Crippen LogP contribution in [0.1, 0.15) is 37.7 Å². The Morgan fingerprint density at radius 3 is 2.50 bits per heavy atom. The van der Waals surface area contributed by atoms with Crippen LogP contribution in [0.3, 0.4) is 0 Å². The van der Waals surface area contributed by atoms with Gasteiger partial charge in [-0.05, 0) is 49.2 Å². The average Bonchev–Trinajstić information content (AvgIpc) is 3.00. The molecule has 0 unspecified atom stereocenters. The molecule has 42 heavy (non-hydrogen) atoms. The largest absolute Gasteiger partial charge is 0.463 e. The van der Waals surface area contributed by atoms with Crippen molar-refractivity contribution in [2.24, 2.45) is 0 Å². The maximum absolute atomic E-state index is 13.4. The zero-order valence-corrected chi connectivity index (χ0v) is 22.1. The van der Waals surface area contributed by atoms with E-state index in [1.54, 1.807) is 42.3 Å². The van der Waals surface area contributed by atoms with Crippen molar-refractivity contribution >= 4 is 27.8 Å². The number of carbonyl (C=O) groups excluding carboxylic acids is 1. The van der Waals surface area contributed by atoms with E-state index in [9.17, 15) is 22.8 Å². The summed E-state index contributed by atoms with van der Waals surface area (Å²) in [5, 5.41) is 9.02. The molecular weight excluding hydrogens is 553 g/mol. The highest BCUT2D eigenvalue weighted by Crippen LogP contribution is 2.32. The Kier molecular flexibility index (Phi) is 8.38. The number of unbranched alkanes of at least 4 members (excludes halogenated alkanes) is 3. The lowest BCUT2D eigenvalue weighted by Gasteiger charge is -2.14. The summed E-state index contributed by atoms with van der Waals surface area (Å²) in [4.78, 5) is 41.6. The lowest BCUT2D eigenvalue weighted by atomic mass is 10.1. The first-order chi connectivity index (χ1) is 20.2. The van der Waals surface area contributed by atoms with Crippen LogP contribution in [-0.4, -0.2) is 42.2 Å². The standard InChI is InChI=1S/C29H25F3N6O4/c30-29(31,32)20-6-5-7-21(14-20)38-25(40)12-9-18-15-33-23-11-10-22(36-26(23)27(18)38)19-16-34-28(35-17-19)42-13-4-2-1-3-8-24(39)37-41/h5-7,9-12,14-17,41H,1-4,8,13H2,(H,37,39). The summed E-state index contributed by atoms with van der Waals surface area (Å²) in [6.45, 7) is 0.393. The molecule has 4 aromatic heterocycles. The molecule has 1 amide bonds. The molecule has 0 fully saturated rings. The predicted molar refractivity (Wildman–Crippen MR) is 147 cm³/mol. The topological polar surface area (TPSA) is 132 Å². The highest BCUT2D eigenvalue weighted by Gasteiger charge is 2.30. The van der Waals surface area contributed by atoms with E-state index in [0.29, 0.717) is 46.2 Å². The minimum Gasteiger partial charge on any atom is -0.463 e. The van der Waals surface area contributed by atoms with Gasteiger partial charge in [0, 0.05) is 47.7 Å². The molecule has 0 spiro atoms. The van der Waals surface area contributed by atoms with E-state index in [4.69, 9.17) is 14.9 Å². The van der Waals surface area contributed by atoms with Crippen LogP contribution < -0.4 is 15.8 Å². The van der Waals surface area contributed by atoms with Gasteiger partial charge in [0.1, 0.15) is 5.52 Å². The number of benzene rings is 1. The Balaban J connectivity index is 1.40. The third kappa shape index (κ3) is 6.36. The first-order valence-electron chi connectivity index (χ1n) is 13.1. The van der Waals surface area contributed by atoms with Gasteiger partial charge in [0.15, 0.2) is 0 Å². The van der Waals surface area contributed by atoms with Gasteiger partial charge >= 0.3 is 12.2 Å². The van der Waals surface area contributed by atoms with E-state index in [0.717, 1.165) is 31.4 Å². The van der Waals surface area contributed by atoms with Crippen molar-refractivity contribution in [2.75, 3.05) is 6.61 Å². The number of hydroxylamine groups is 1. The minimum atomic E-state index is -4.57. The molecular formula is C29H25F3N6O4. The number of hydrogen-bond donors (Lipinski definition) is 2. The number of nitrogens with one attached hydrogen (secondary N) is 1. The Labute approximate surface area is 236 Å². The molecule has 13 heteroatoms. The average molecular weight is 579 g/mol. The maximum atomic E-state index is 13.4. The van der Waals surface area contributed by atoms with Gasteiger partial charge in [-0.15, -0.1) is 0 Å². The number of alkyl halides is 3. The van der Waals surface area contributed by atoms with Gasteiger partial charge in [-0.1, -0.05) is 18.9 Å². The molecule has 4 heterocycles. The van der Waals surface area contributed by atoms with Crippen molar-refractivity contribution in [3.63, 3.8) is 0 Å². The van der Waals surface area contributed by atoms with Gasteiger partial charge in [-0.3, -0.25) is 24.3 Å². The van der Waals surface area contributed by atoms with Crippen LogP contribution in [0.2, 0.25) is 0 Å². The number of pyridine rings is 3. The fraction of sp³-hybridized carbons (Fsp3) is 0.241. The van der Waals surface area contributed by atoms with Crippen molar-refractivity contribution in [2.45, 2.75) is 38.3 Å². The Hall–Kier alpha value is -4.91. The molecule has 0 bridgehead atoms. The molecule has 0 saturated heterocycles. The molecule has 0 atom stereocenters. The molecule has 216 valence electrons. The van der Waals surface area contributed by atoms with Crippen LogP contribution in [-0.2, 0) is 11.0 Å². The van der Waals surface area contributed by atoms with Crippen LogP contribution >= 0.6 is 0 Å². The van der Waals surface area contributed by atoms with E-state index in [1.807, 2.05) is 0 Å². The molecule has 2 N–H and O–H groups in total. The normalized spacial score (nSPS) is 11.6. The van der Waals surface area contributed by atoms with Crippen molar-refractivity contribution in [3.8, 4) is 23.0 Å². The number of hydrogen-bond acceptors (Lipinski definition) is 8. The molecule has 0 radical (unpaired) electrons. The van der Waals surface area contributed by atoms with Crippen molar-refractivity contribution in [1.82, 2.24) is 30.0 Å². The maximum Gasteiger partial charge on any atom is 0.416 e. The zero-order valence-electron chi connectivity index (χ0n) is 22.1. The molecule has 5 aromatic rings. The molecule has 0 aliphatic rings. The van der Waals surface area contributed by atoms with Gasteiger partial charge in [-0.2, -0.15) is 13.2 Å². The second-order valence-electron chi connectivity index (χ2n) is 9.48. The Morgan fingerprint density at radius 2 is 1.74 bits per heavy atom. The summed E-state index contributed by atoms with van der Waals surface area (Å²) in [5.41, 5.74) is 2.42. The van der Waals surface area contributed by atoms with Crippen molar-refractivity contribution in [3.05, 3.63) is 83.0 Å². The molecule has 10 nitrogen and oxygen atoms in total. The monoisotopic (exact) mass is 578 g/mol. The van der Waals surface area contributed by atoms with Crippen molar-refractivity contribution in [1.29, 1.82) is 0 Å². The summed E-state index contributed by atoms with van der Waals surface area (Å²) < 4.78 is 47.1. The van der Waals surface area contributed by atoms with Crippen LogP contribution in [0, 0.1) is 0 Å². The van der Waals surface area contributed by atoms with E-state index in [1.165, 1.54) is 22.8 Å². The fourth-order valence-corrected chi connectivity index (χ4v) is 4.49. The number of ether oxygens (including phenoxy) is 1.